The molecule has 0 fully saturated rings. The van der Waals surface area contributed by atoms with Crippen molar-refractivity contribution >= 4 is 0 Å². The van der Waals surface area contributed by atoms with Gasteiger partial charge in [-0.05, 0) is 30.7 Å². The van der Waals surface area contributed by atoms with E-state index >= 15 is 0 Å². The number of nitrogens with zero attached hydrogens (tertiary/aromatic N) is 1. The fourth-order valence-electron chi connectivity index (χ4n) is 2.20. The highest BCUT2D eigenvalue weighted by Gasteiger charge is 2.07. The number of hydrogen-bond acceptors (Lipinski definition) is 3. The smallest absolute Gasteiger partial charge is 0.134 e. The van der Waals surface area contributed by atoms with Crippen LogP contribution in [0.3, 0.4) is 0 Å². The van der Waals surface area contributed by atoms with E-state index in [9.17, 15) is 0 Å². The van der Waals surface area contributed by atoms with E-state index in [1.807, 2.05) is 6.07 Å². The van der Waals surface area contributed by atoms with Crippen molar-refractivity contribution in [3.63, 3.8) is 0 Å². The minimum Gasteiger partial charge on any atom is -0.495 e. The molecule has 3 heteroatoms. The topological polar surface area (TPSA) is 32.7 Å². The molecule has 0 saturated carbocycles. The van der Waals surface area contributed by atoms with Crippen molar-refractivity contribution in [1.82, 2.24) is 4.90 Å². The molecular weight excluding hydrogens is 262 g/mol. The van der Waals surface area contributed by atoms with E-state index in [1.165, 1.54) is 12.0 Å². The van der Waals surface area contributed by atoms with Crippen molar-refractivity contribution in [3.8, 4) is 17.6 Å². The molecule has 1 rings (SSSR count). The van der Waals surface area contributed by atoms with Gasteiger partial charge < -0.3 is 14.7 Å². The number of aliphatic hydroxyl groups is 1. The standard InChI is InChI=1S/C18H27NO2/c1-5-15(2)13-19(3)14-16-9-10-18(21-4)17(12-16)8-6-7-11-20/h9-10,12,15,20H,5,7,11,13-14H2,1-4H3. The summed E-state index contributed by atoms with van der Waals surface area (Å²) in [5.41, 5.74) is 2.12. The third-order valence-electron chi connectivity index (χ3n) is 3.50. The molecule has 0 spiro atoms. The molecule has 0 aliphatic heterocycles. The lowest BCUT2D eigenvalue weighted by atomic mass is 10.1. The molecule has 0 amide bonds. The number of methoxy groups -OCH3 is 1. The highest BCUT2D eigenvalue weighted by atomic mass is 16.5. The second-order valence-corrected chi connectivity index (χ2v) is 5.52. The van der Waals surface area contributed by atoms with Crippen molar-refractivity contribution in [1.29, 1.82) is 0 Å². The maximum Gasteiger partial charge on any atom is 0.134 e. The molecule has 0 aromatic heterocycles. The molecule has 1 N–H and O–H groups in total. The molecule has 0 radical (unpaired) electrons. The lowest BCUT2D eigenvalue weighted by Gasteiger charge is -2.20. The van der Waals surface area contributed by atoms with Gasteiger partial charge in [0.2, 0.25) is 0 Å². The number of benzene rings is 1. The van der Waals surface area contributed by atoms with Crippen molar-refractivity contribution in [3.05, 3.63) is 29.3 Å². The van der Waals surface area contributed by atoms with Crippen LogP contribution in [-0.4, -0.2) is 37.3 Å². The van der Waals surface area contributed by atoms with Crippen molar-refractivity contribution in [2.75, 3.05) is 27.3 Å². The molecule has 1 unspecified atom stereocenters. The zero-order valence-corrected chi connectivity index (χ0v) is 13.6. The molecule has 21 heavy (non-hydrogen) atoms. The van der Waals surface area contributed by atoms with E-state index < -0.39 is 0 Å². The van der Waals surface area contributed by atoms with Crippen LogP contribution in [0, 0.1) is 17.8 Å². The van der Waals surface area contributed by atoms with E-state index in [4.69, 9.17) is 9.84 Å². The Morgan fingerprint density at radius 2 is 2.14 bits per heavy atom. The molecule has 0 aliphatic carbocycles. The average molecular weight is 289 g/mol. The first-order chi connectivity index (χ1) is 10.1. The van der Waals surface area contributed by atoms with Gasteiger partial charge in [-0.15, -0.1) is 0 Å². The number of aliphatic hydroxyl groups excluding tert-OH is 1. The van der Waals surface area contributed by atoms with E-state index in [0.717, 1.165) is 24.4 Å². The van der Waals surface area contributed by atoms with Crippen LogP contribution >= 0.6 is 0 Å². The van der Waals surface area contributed by atoms with Crippen LogP contribution in [-0.2, 0) is 6.54 Å². The summed E-state index contributed by atoms with van der Waals surface area (Å²) in [6.45, 7) is 6.58. The summed E-state index contributed by atoms with van der Waals surface area (Å²) in [5, 5.41) is 8.81. The van der Waals surface area contributed by atoms with Crippen LogP contribution in [0.1, 0.15) is 37.8 Å². The Hall–Kier alpha value is -1.50. The summed E-state index contributed by atoms with van der Waals surface area (Å²) < 4.78 is 5.34. The van der Waals surface area contributed by atoms with Crippen LogP contribution < -0.4 is 4.74 Å². The SMILES string of the molecule is CCC(C)CN(C)Cc1ccc(OC)c(C#CCCO)c1. The van der Waals surface area contributed by atoms with Crippen LogP contribution in [0.2, 0.25) is 0 Å². The Bertz CT molecular complexity index is 488. The van der Waals surface area contributed by atoms with E-state index in [2.05, 4.69) is 49.8 Å². The summed E-state index contributed by atoms with van der Waals surface area (Å²) in [5.74, 6) is 7.52. The van der Waals surface area contributed by atoms with Crippen LogP contribution in [0.15, 0.2) is 18.2 Å². The second-order valence-electron chi connectivity index (χ2n) is 5.52. The zero-order chi connectivity index (χ0) is 15.7. The molecule has 0 bridgehead atoms. The summed E-state index contributed by atoms with van der Waals surface area (Å²) >= 11 is 0. The van der Waals surface area contributed by atoms with Crippen LogP contribution in [0.4, 0.5) is 0 Å². The normalized spacial score (nSPS) is 11.9. The van der Waals surface area contributed by atoms with Crippen molar-refractivity contribution < 1.29 is 9.84 Å². The number of ether oxygens (including phenoxy) is 1. The molecule has 1 aromatic rings. The van der Waals surface area contributed by atoms with Gasteiger partial charge in [-0.25, -0.2) is 0 Å². The molecule has 1 atom stereocenters. The van der Waals surface area contributed by atoms with Gasteiger partial charge in [-0.2, -0.15) is 0 Å². The number of hydrogen-bond donors (Lipinski definition) is 1. The molecule has 0 saturated heterocycles. The maximum absolute atomic E-state index is 8.81. The Morgan fingerprint density at radius 1 is 1.38 bits per heavy atom. The fourth-order valence-corrected chi connectivity index (χ4v) is 2.20. The highest BCUT2D eigenvalue weighted by molar-refractivity contribution is 5.48. The zero-order valence-electron chi connectivity index (χ0n) is 13.6. The van der Waals surface area contributed by atoms with Gasteiger partial charge in [0.25, 0.3) is 0 Å². The minimum absolute atomic E-state index is 0.0899. The van der Waals surface area contributed by atoms with E-state index in [1.54, 1.807) is 7.11 Å². The first-order valence-corrected chi connectivity index (χ1v) is 7.55. The Morgan fingerprint density at radius 3 is 2.76 bits per heavy atom. The minimum atomic E-state index is 0.0899. The van der Waals surface area contributed by atoms with E-state index in [-0.39, 0.29) is 6.61 Å². The predicted molar refractivity (Wildman–Crippen MR) is 87.4 cm³/mol. The van der Waals surface area contributed by atoms with Crippen LogP contribution in [0.25, 0.3) is 0 Å². The molecule has 116 valence electrons. The monoisotopic (exact) mass is 289 g/mol. The van der Waals surface area contributed by atoms with Gasteiger partial charge in [0, 0.05) is 19.5 Å². The highest BCUT2D eigenvalue weighted by Crippen LogP contribution is 2.20. The third-order valence-corrected chi connectivity index (χ3v) is 3.50. The predicted octanol–water partition coefficient (Wildman–Crippen LogP) is 2.91. The largest absolute Gasteiger partial charge is 0.495 e. The summed E-state index contributed by atoms with van der Waals surface area (Å²) in [4.78, 5) is 2.33. The summed E-state index contributed by atoms with van der Waals surface area (Å²) in [7, 11) is 3.80. The van der Waals surface area contributed by atoms with Crippen molar-refractivity contribution in [2.24, 2.45) is 5.92 Å². The molecule has 1 aromatic carbocycles. The van der Waals surface area contributed by atoms with Crippen LogP contribution in [0.5, 0.6) is 5.75 Å². The van der Waals surface area contributed by atoms with Crippen molar-refractivity contribution in [2.45, 2.75) is 33.2 Å². The first-order valence-electron chi connectivity index (χ1n) is 7.55. The summed E-state index contributed by atoms with van der Waals surface area (Å²) in [6, 6.07) is 6.13. The second kappa shape index (κ2) is 9.44. The lowest BCUT2D eigenvalue weighted by Crippen LogP contribution is -2.23. The fraction of sp³-hybridized carbons (Fsp3) is 0.556. The lowest BCUT2D eigenvalue weighted by molar-refractivity contribution is 0.275. The maximum atomic E-state index is 8.81. The quantitative estimate of drug-likeness (QED) is 0.783. The summed E-state index contributed by atoms with van der Waals surface area (Å²) in [6.07, 6.45) is 1.69. The first kappa shape index (κ1) is 17.6. The van der Waals surface area contributed by atoms with Gasteiger partial charge >= 0.3 is 0 Å². The van der Waals surface area contributed by atoms with Gasteiger partial charge in [0.05, 0.1) is 19.3 Å². The van der Waals surface area contributed by atoms with Gasteiger partial charge in [0.1, 0.15) is 5.75 Å². The molecule has 0 aliphatic rings. The van der Waals surface area contributed by atoms with Gasteiger partial charge in [-0.3, -0.25) is 0 Å². The molecule has 3 nitrogen and oxygen atoms in total. The Kier molecular flexibility index (Phi) is 7.89. The Balaban J connectivity index is 2.80. The van der Waals surface area contributed by atoms with Gasteiger partial charge in [0.15, 0.2) is 0 Å². The van der Waals surface area contributed by atoms with E-state index in [0.29, 0.717) is 12.3 Å². The molecular formula is C18H27NO2. The molecule has 0 heterocycles. The third kappa shape index (κ3) is 6.20. The Labute approximate surface area is 128 Å². The average Bonchev–Trinajstić information content (AvgIpc) is 2.47. The van der Waals surface area contributed by atoms with Gasteiger partial charge in [-0.1, -0.05) is 38.2 Å². The number of rotatable bonds is 7.